The van der Waals surface area contributed by atoms with Gasteiger partial charge in [0.15, 0.2) is 0 Å². The van der Waals surface area contributed by atoms with Crippen LogP contribution in [0.1, 0.15) is 32.1 Å². The maximum atomic E-state index is 9.01. The molecule has 1 atom stereocenters. The number of rotatable bonds is 9. The van der Waals surface area contributed by atoms with Crippen molar-refractivity contribution in [1.29, 1.82) is 0 Å². The second-order valence-electron chi connectivity index (χ2n) is 4.60. The molecule has 1 unspecified atom stereocenters. The summed E-state index contributed by atoms with van der Waals surface area (Å²) >= 11 is 0. The molecule has 1 heterocycles. The van der Waals surface area contributed by atoms with Gasteiger partial charge in [0, 0.05) is 25.7 Å². The Morgan fingerprint density at radius 1 is 1.06 bits per heavy atom. The highest BCUT2D eigenvalue weighted by atomic mass is 16.3. The first kappa shape index (κ1) is 13.9. The van der Waals surface area contributed by atoms with Gasteiger partial charge < -0.3 is 15.5 Å². The van der Waals surface area contributed by atoms with Crippen molar-refractivity contribution in [3.63, 3.8) is 0 Å². The van der Waals surface area contributed by atoms with Crippen molar-refractivity contribution in [2.24, 2.45) is 0 Å². The van der Waals surface area contributed by atoms with Crippen LogP contribution in [0.4, 0.5) is 0 Å². The van der Waals surface area contributed by atoms with E-state index in [2.05, 4.69) is 10.2 Å². The highest BCUT2D eigenvalue weighted by Crippen LogP contribution is 2.08. The normalized spacial score (nSPS) is 20.8. The zero-order valence-corrected chi connectivity index (χ0v) is 10.2. The Labute approximate surface area is 98.6 Å². The SMILES string of the molecule is OCCCCCN(CCO)CC1CCCN1. The molecule has 0 radical (unpaired) electrons. The molecule has 16 heavy (non-hydrogen) atoms. The second kappa shape index (κ2) is 8.93. The summed E-state index contributed by atoms with van der Waals surface area (Å²) in [5.41, 5.74) is 0. The number of nitrogens with zero attached hydrogens (tertiary/aromatic N) is 1. The van der Waals surface area contributed by atoms with Crippen LogP contribution in [0.3, 0.4) is 0 Å². The zero-order valence-electron chi connectivity index (χ0n) is 10.2. The maximum absolute atomic E-state index is 9.01. The van der Waals surface area contributed by atoms with Crippen molar-refractivity contribution in [2.45, 2.75) is 38.1 Å². The molecule has 1 fully saturated rings. The molecule has 0 amide bonds. The molecule has 4 nitrogen and oxygen atoms in total. The topological polar surface area (TPSA) is 55.7 Å². The van der Waals surface area contributed by atoms with Crippen LogP contribution in [0.5, 0.6) is 0 Å². The number of hydrogen-bond donors (Lipinski definition) is 3. The number of hydrogen-bond acceptors (Lipinski definition) is 4. The molecule has 0 aromatic rings. The average Bonchev–Trinajstić information content (AvgIpc) is 2.77. The van der Waals surface area contributed by atoms with Crippen molar-refractivity contribution in [3.05, 3.63) is 0 Å². The minimum Gasteiger partial charge on any atom is -0.396 e. The van der Waals surface area contributed by atoms with E-state index in [4.69, 9.17) is 10.2 Å². The summed E-state index contributed by atoms with van der Waals surface area (Å²) in [5.74, 6) is 0. The maximum Gasteiger partial charge on any atom is 0.0558 e. The van der Waals surface area contributed by atoms with Gasteiger partial charge in [0.25, 0.3) is 0 Å². The van der Waals surface area contributed by atoms with Gasteiger partial charge in [0.2, 0.25) is 0 Å². The summed E-state index contributed by atoms with van der Waals surface area (Å²) in [5, 5.41) is 21.2. The van der Waals surface area contributed by atoms with Gasteiger partial charge >= 0.3 is 0 Å². The molecular weight excluding hydrogens is 204 g/mol. The Morgan fingerprint density at radius 2 is 1.94 bits per heavy atom. The summed E-state index contributed by atoms with van der Waals surface area (Å²) < 4.78 is 0. The summed E-state index contributed by atoms with van der Waals surface area (Å²) in [6.45, 7) is 4.55. The Kier molecular flexibility index (Phi) is 7.76. The van der Waals surface area contributed by atoms with Crippen molar-refractivity contribution >= 4 is 0 Å². The Morgan fingerprint density at radius 3 is 2.56 bits per heavy atom. The van der Waals surface area contributed by atoms with Crippen LogP contribution < -0.4 is 5.32 Å². The van der Waals surface area contributed by atoms with Crippen LogP contribution >= 0.6 is 0 Å². The highest BCUT2D eigenvalue weighted by molar-refractivity contribution is 4.77. The molecule has 1 aliphatic rings. The van der Waals surface area contributed by atoms with Crippen molar-refractivity contribution in [3.8, 4) is 0 Å². The van der Waals surface area contributed by atoms with Crippen LogP contribution in [0.15, 0.2) is 0 Å². The largest absolute Gasteiger partial charge is 0.396 e. The lowest BCUT2D eigenvalue weighted by atomic mass is 10.2. The van der Waals surface area contributed by atoms with Gasteiger partial charge in [0.1, 0.15) is 0 Å². The molecule has 0 spiro atoms. The Hall–Kier alpha value is -0.160. The molecule has 0 saturated carbocycles. The molecule has 4 heteroatoms. The standard InChI is InChI=1S/C12H26N2O2/c15-9-3-1-2-7-14(8-10-16)11-12-5-4-6-13-12/h12-13,15-16H,1-11H2. The van der Waals surface area contributed by atoms with Gasteiger partial charge in [-0.15, -0.1) is 0 Å². The summed E-state index contributed by atoms with van der Waals surface area (Å²) in [6, 6.07) is 0.615. The van der Waals surface area contributed by atoms with E-state index in [1.54, 1.807) is 0 Å². The van der Waals surface area contributed by atoms with Crippen LogP contribution in [0, 0.1) is 0 Å². The van der Waals surface area contributed by atoms with E-state index in [1.165, 1.54) is 12.8 Å². The minimum absolute atomic E-state index is 0.243. The van der Waals surface area contributed by atoms with Crippen molar-refractivity contribution in [1.82, 2.24) is 10.2 Å². The third-order valence-corrected chi connectivity index (χ3v) is 3.19. The number of aliphatic hydroxyl groups is 2. The molecule has 3 N–H and O–H groups in total. The molecule has 0 bridgehead atoms. The second-order valence-corrected chi connectivity index (χ2v) is 4.60. The zero-order chi connectivity index (χ0) is 11.6. The van der Waals surface area contributed by atoms with E-state index < -0.39 is 0 Å². The molecule has 1 aliphatic heterocycles. The van der Waals surface area contributed by atoms with E-state index in [1.807, 2.05) is 0 Å². The lowest BCUT2D eigenvalue weighted by Gasteiger charge is -2.24. The molecule has 0 aromatic carbocycles. The van der Waals surface area contributed by atoms with Gasteiger partial charge in [-0.05, 0) is 45.2 Å². The molecule has 0 aliphatic carbocycles. The van der Waals surface area contributed by atoms with Crippen molar-refractivity contribution in [2.75, 3.05) is 39.4 Å². The van der Waals surface area contributed by atoms with Crippen LogP contribution in [-0.2, 0) is 0 Å². The monoisotopic (exact) mass is 230 g/mol. The van der Waals surface area contributed by atoms with E-state index >= 15 is 0 Å². The third kappa shape index (κ3) is 5.80. The summed E-state index contributed by atoms with van der Waals surface area (Å²) in [6.07, 6.45) is 5.64. The summed E-state index contributed by atoms with van der Waals surface area (Å²) in [4.78, 5) is 2.33. The fourth-order valence-corrected chi connectivity index (χ4v) is 2.28. The van der Waals surface area contributed by atoms with Crippen LogP contribution in [0.2, 0.25) is 0 Å². The van der Waals surface area contributed by atoms with Gasteiger partial charge in [-0.25, -0.2) is 0 Å². The fourth-order valence-electron chi connectivity index (χ4n) is 2.28. The molecule has 96 valence electrons. The Balaban J connectivity index is 2.12. The highest BCUT2D eigenvalue weighted by Gasteiger charge is 2.17. The van der Waals surface area contributed by atoms with E-state index in [0.29, 0.717) is 12.6 Å². The van der Waals surface area contributed by atoms with Crippen LogP contribution in [0.25, 0.3) is 0 Å². The first-order chi connectivity index (χ1) is 7.86. The van der Waals surface area contributed by atoms with Gasteiger partial charge in [-0.3, -0.25) is 4.90 Å². The number of aliphatic hydroxyl groups excluding tert-OH is 2. The predicted molar refractivity (Wildman–Crippen MR) is 65.5 cm³/mol. The lowest BCUT2D eigenvalue weighted by Crippen LogP contribution is -2.39. The summed E-state index contributed by atoms with van der Waals surface area (Å²) in [7, 11) is 0. The number of unbranched alkanes of at least 4 members (excludes halogenated alkanes) is 2. The Bertz CT molecular complexity index is 161. The first-order valence-corrected chi connectivity index (χ1v) is 6.54. The van der Waals surface area contributed by atoms with Gasteiger partial charge in [-0.1, -0.05) is 0 Å². The lowest BCUT2D eigenvalue weighted by molar-refractivity contribution is 0.180. The van der Waals surface area contributed by atoms with E-state index in [0.717, 1.165) is 45.4 Å². The number of nitrogens with one attached hydrogen (secondary N) is 1. The predicted octanol–water partition coefficient (Wildman–Crippen LogP) is 0.195. The smallest absolute Gasteiger partial charge is 0.0558 e. The van der Waals surface area contributed by atoms with Crippen LogP contribution in [-0.4, -0.2) is 60.5 Å². The molecule has 1 saturated heterocycles. The van der Waals surface area contributed by atoms with E-state index in [9.17, 15) is 0 Å². The molecule has 1 rings (SSSR count). The fraction of sp³-hybridized carbons (Fsp3) is 1.00. The van der Waals surface area contributed by atoms with Gasteiger partial charge in [-0.2, -0.15) is 0 Å². The third-order valence-electron chi connectivity index (χ3n) is 3.19. The van der Waals surface area contributed by atoms with E-state index in [-0.39, 0.29) is 6.61 Å². The minimum atomic E-state index is 0.243. The first-order valence-electron chi connectivity index (χ1n) is 6.54. The average molecular weight is 230 g/mol. The van der Waals surface area contributed by atoms with Crippen molar-refractivity contribution < 1.29 is 10.2 Å². The molecular formula is C12H26N2O2. The molecule has 0 aromatic heterocycles. The van der Waals surface area contributed by atoms with Gasteiger partial charge in [0.05, 0.1) is 6.61 Å². The quantitative estimate of drug-likeness (QED) is 0.495.